The van der Waals surface area contributed by atoms with Gasteiger partial charge >= 0.3 is 5.97 Å². The van der Waals surface area contributed by atoms with E-state index in [-0.39, 0.29) is 5.97 Å². The second-order valence-corrected chi connectivity index (χ2v) is 4.37. The number of nitrogens with zero attached hydrogens (tertiary/aromatic N) is 2. The highest BCUT2D eigenvalue weighted by atomic mass is 16.5. The number of ether oxygens (including phenoxy) is 1. The molecule has 0 bridgehead atoms. The molecule has 0 atom stereocenters. The van der Waals surface area contributed by atoms with Crippen LogP contribution in [0, 0.1) is 12.8 Å². The Morgan fingerprint density at radius 1 is 1.62 bits per heavy atom. The summed E-state index contributed by atoms with van der Waals surface area (Å²) in [5.74, 6) is 0.423. The number of rotatable bonds is 4. The van der Waals surface area contributed by atoms with Crippen LogP contribution in [0.25, 0.3) is 0 Å². The Bertz CT molecular complexity index is 380. The van der Waals surface area contributed by atoms with Gasteiger partial charge in [-0.25, -0.2) is 4.79 Å². The van der Waals surface area contributed by atoms with Crippen LogP contribution in [0.4, 0.5) is 0 Å². The maximum atomic E-state index is 11.5. The first-order valence-electron chi connectivity index (χ1n) is 5.92. The lowest BCUT2D eigenvalue weighted by atomic mass is 9.85. The fraction of sp³-hybridized carbons (Fsp3) is 0.667. The molecular weight excluding hydrogens is 204 g/mol. The van der Waals surface area contributed by atoms with Crippen molar-refractivity contribution in [3.05, 3.63) is 17.5 Å². The molecule has 1 aliphatic rings. The fourth-order valence-electron chi connectivity index (χ4n) is 1.92. The fourth-order valence-corrected chi connectivity index (χ4v) is 1.92. The van der Waals surface area contributed by atoms with Crippen LogP contribution < -0.4 is 0 Å². The van der Waals surface area contributed by atoms with Crippen molar-refractivity contribution in [2.45, 2.75) is 39.7 Å². The summed E-state index contributed by atoms with van der Waals surface area (Å²) in [6, 6.07) is 1.80. The topological polar surface area (TPSA) is 44.1 Å². The average Bonchev–Trinajstić information content (AvgIpc) is 2.54. The zero-order valence-electron chi connectivity index (χ0n) is 9.90. The molecule has 2 rings (SSSR count). The number of aryl methyl sites for hydroxylation is 1. The maximum absolute atomic E-state index is 11.5. The third-order valence-corrected chi connectivity index (χ3v) is 3.12. The molecule has 1 aromatic heterocycles. The van der Waals surface area contributed by atoms with E-state index in [0.717, 1.165) is 18.2 Å². The van der Waals surface area contributed by atoms with Crippen molar-refractivity contribution in [2.24, 2.45) is 5.92 Å². The number of aromatic nitrogens is 2. The van der Waals surface area contributed by atoms with E-state index < -0.39 is 0 Å². The Balaban J connectivity index is 2.05. The van der Waals surface area contributed by atoms with Gasteiger partial charge in [0.15, 0.2) is 5.69 Å². The molecule has 0 amide bonds. The Hall–Kier alpha value is -1.32. The summed E-state index contributed by atoms with van der Waals surface area (Å²) in [5, 5.41) is 4.29. The molecule has 88 valence electrons. The van der Waals surface area contributed by atoms with Crippen LogP contribution in [0.2, 0.25) is 0 Å². The molecule has 4 nitrogen and oxygen atoms in total. The van der Waals surface area contributed by atoms with Crippen molar-refractivity contribution < 1.29 is 9.53 Å². The highest BCUT2D eigenvalue weighted by molar-refractivity contribution is 5.87. The number of carbonyl (C=O) groups excluding carboxylic acids is 1. The summed E-state index contributed by atoms with van der Waals surface area (Å²) in [5.41, 5.74) is 1.47. The summed E-state index contributed by atoms with van der Waals surface area (Å²) in [7, 11) is 0. The van der Waals surface area contributed by atoms with E-state index in [1.165, 1.54) is 19.3 Å². The first kappa shape index (κ1) is 11.2. The van der Waals surface area contributed by atoms with E-state index in [1.54, 1.807) is 13.0 Å². The van der Waals surface area contributed by atoms with E-state index in [4.69, 9.17) is 4.74 Å². The summed E-state index contributed by atoms with van der Waals surface area (Å²) in [4.78, 5) is 11.5. The van der Waals surface area contributed by atoms with Crippen molar-refractivity contribution in [2.75, 3.05) is 6.61 Å². The average molecular weight is 222 g/mol. The molecule has 1 fully saturated rings. The first-order valence-corrected chi connectivity index (χ1v) is 5.92. The van der Waals surface area contributed by atoms with Gasteiger partial charge in [0.25, 0.3) is 0 Å². The van der Waals surface area contributed by atoms with Gasteiger partial charge in [-0.1, -0.05) is 6.42 Å². The van der Waals surface area contributed by atoms with Gasteiger partial charge in [-0.2, -0.15) is 5.10 Å². The third-order valence-electron chi connectivity index (χ3n) is 3.12. The highest BCUT2D eigenvalue weighted by Gasteiger charge is 2.20. The van der Waals surface area contributed by atoms with Crippen LogP contribution in [0.1, 0.15) is 42.4 Å². The Morgan fingerprint density at radius 2 is 2.38 bits per heavy atom. The molecule has 1 aromatic rings. The van der Waals surface area contributed by atoms with Crippen molar-refractivity contribution in [1.82, 2.24) is 9.78 Å². The van der Waals surface area contributed by atoms with Crippen LogP contribution in [0.5, 0.6) is 0 Å². The van der Waals surface area contributed by atoms with Gasteiger partial charge < -0.3 is 4.74 Å². The normalized spacial score (nSPS) is 15.9. The van der Waals surface area contributed by atoms with E-state index >= 15 is 0 Å². The molecule has 0 spiro atoms. The molecule has 1 aliphatic carbocycles. The van der Waals surface area contributed by atoms with E-state index in [1.807, 2.05) is 11.6 Å². The molecule has 0 unspecified atom stereocenters. The lowest BCUT2D eigenvalue weighted by molar-refractivity contribution is 0.0518. The second kappa shape index (κ2) is 4.68. The molecule has 0 aliphatic heterocycles. The van der Waals surface area contributed by atoms with Crippen molar-refractivity contribution in [3.63, 3.8) is 0 Å². The van der Waals surface area contributed by atoms with Gasteiger partial charge in [-0.05, 0) is 38.7 Å². The summed E-state index contributed by atoms with van der Waals surface area (Å²) < 4.78 is 6.85. The van der Waals surface area contributed by atoms with Gasteiger partial charge in [0.1, 0.15) is 0 Å². The van der Waals surface area contributed by atoms with Gasteiger partial charge in [0, 0.05) is 12.2 Å². The minimum atomic E-state index is -0.321. The van der Waals surface area contributed by atoms with Gasteiger partial charge in [0.05, 0.1) is 6.61 Å². The molecule has 16 heavy (non-hydrogen) atoms. The molecule has 4 heteroatoms. The zero-order chi connectivity index (χ0) is 11.5. The number of carbonyl (C=O) groups is 1. The van der Waals surface area contributed by atoms with Gasteiger partial charge in [0.2, 0.25) is 0 Å². The van der Waals surface area contributed by atoms with Crippen LogP contribution >= 0.6 is 0 Å². The second-order valence-electron chi connectivity index (χ2n) is 4.37. The number of esters is 1. The summed E-state index contributed by atoms with van der Waals surface area (Å²) in [6.07, 6.45) is 3.90. The predicted molar refractivity (Wildman–Crippen MR) is 60.3 cm³/mol. The quantitative estimate of drug-likeness (QED) is 0.733. The van der Waals surface area contributed by atoms with Crippen molar-refractivity contribution in [1.29, 1.82) is 0 Å². The van der Waals surface area contributed by atoms with E-state index in [9.17, 15) is 4.79 Å². The molecule has 0 radical (unpaired) electrons. The van der Waals surface area contributed by atoms with Crippen molar-refractivity contribution >= 4 is 5.97 Å². The lowest BCUT2D eigenvalue weighted by Crippen LogP contribution is -2.19. The standard InChI is InChI=1S/C12H18N2O2/c1-3-16-12(15)11-7-9(2)14(13-11)8-10-5-4-6-10/h7,10H,3-6,8H2,1-2H3. The monoisotopic (exact) mass is 222 g/mol. The van der Waals surface area contributed by atoms with Crippen LogP contribution in [-0.2, 0) is 11.3 Å². The Kier molecular flexibility index (Phi) is 3.27. The number of hydrogen-bond donors (Lipinski definition) is 0. The van der Waals surface area contributed by atoms with Crippen molar-refractivity contribution in [3.8, 4) is 0 Å². The minimum Gasteiger partial charge on any atom is -0.461 e. The molecule has 0 saturated heterocycles. The maximum Gasteiger partial charge on any atom is 0.358 e. The minimum absolute atomic E-state index is 0.321. The Labute approximate surface area is 95.6 Å². The molecule has 1 saturated carbocycles. The Morgan fingerprint density at radius 3 is 2.94 bits per heavy atom. The van der Waals surface area contributed by atoms with Gasteiger partial charge in [-0.15, -0.1) is 0 Å². The summed E-state index contributed by atoms with van der Waals surface area (Å²) in [6.45, 7) is 5.11. The molecule has 0 aromatic carbocycles. The van der Waals surface area contributed by atoms with E-state index in [2.05, 4.69) is 5.10 Å². The largest absolute Gasteiger partial charge is 0.461 e. The highest BCUT2D eigenvalue weighted by Crippen LogP contribution is 2.28. The van der Waals surface area contributed by atoms with Gasteiger partial charge in [-0.3, -0.25) is 4.68 Å². The molecule has 0 N–H and O–H groups in total. The first-order chi connectivity index (χ1) is 7.70. The van der Waals surface area contributed by atoms with Crippen LogP contribution in [0.15, 0.2) is 6.07 Å². The smallest absolute Gasteiger partial charge is 0.358 e. The summed E-state index contributed by atoms with van der Waals surface area (Å²) >= 11 is 0. The van der Waals surface area contributed by atoms with Crippen LogP contribution in [-0.4, -0.2) is 22.4 Å². The molecule has 1 heterocycles. The number of hydrogen-bond acceptors (Lipinski definition) is 3. The zero-order valence-corrected chi connectivity index (χ0v) is 9.90. The predicted octanol–water partition coefficient (Wildman–Crippen LogP) is 2.17. The van der Waals surface area contributed by atoms with E-state index in [0.29, 0.717) is 12.3 Å². The SMILES string of the molecule is CCOC(=O)c1cc(C)n(CC2CCC2)n1. The third kappa shape index (κ3) is 2.26. The lowest BCUT2D eigenvalue weighted by Gasteiger charge is -2.25. The van der Waals surface area contributed by atoms with Crippen LogP contribution in [0.3, 0.4) is 0 Å². The molecular formula is C12H18N2O2.